The summed E-state index contributed by atoms with van der Waals surface area (Å²) >= 11 is 0.612. The summed E-state index contributed by atoms with van der Waals surface area (Å²) in [5.74, 6) is -0.221. The van der Waals surface area contributed by atoms with Crippen molar-refractivity contribution in [1.82, 2.24) is 0 Å². The van der Waals surface area contributed by atoms with Crippen molar-refractivity contribution >= 4 is 33.7 Å². The predicted octanol–water partition coefficient (Wildman–Crippen LogP) is 4.55. The fourth-order valence-electron chi connectivity index (χ4n) is 2.73. The molecule has 1 amide bonds. The van der Waals surface area contributed by atoms with Crippen molar-refractivity contribution in [1.29, 1.82) is 0 Å². The molecule has 1 aromatic heterocycles. The first-order chi connectivity index (χ1) is 13.3. The summed E-state index contributed by atoms with van der Waals surface area (Å²) in [7, 11) is 2.81. The van der Waals surface area contributed by atoms with Crippen molar-refractivity contribution in [3.8, 4) is 11.5 Å². The van der Waals surface area contributed by atoms with Gasteiger partial charge in [-0.3, -0.25) is 9.59 Å². The lowest BCUT2D eigenvalue weighted by Crippen LogP contribution is -2.17. The fraction of sp³-hybridized carbons (Fsp3) is 0.158. The van der Waals surface area contributed by atoms with Crippen LogP contribution in [0, 0.1) is 0 Å². The number of methoxy groups -OCH3 is 2. The molecule has 2 aromatic carbocycles. The van der Waals surface area contributed by atoms with Crippen LogP contribution in [0.2, 0.25) is 0 Å². The number of ether oxygens (including phenoxy) is 2. The van der Waals surface area contributed by atoms with E-state index in [0.717, 1.165) is 12.1 Å². The number of carbonyl (C=O) groups excluding carboxylic acids is 1. The van der Waals surface area contributed by atoms with E-state index in [1.54, 1.807) is 12.1 Å². The second-order valence-electron chi connectivity index (χ2n) is 5.66. The van der Waals surface area contributed by atoms with Gasteiger partial charge in [-0.2, -0.15) is 13.2 Å². The summed E-state index contributed by atoms with van der Waals surface area (Å²) in [6.45, 7) is 0. The molecule has 0 atom stereocenters. The molecule has 0 fully saturated rings. The normalized spacial score (nSPS) is 11.3. The molecular weight excluding hydrogens is 395 g/mol. The van der Waals surface area contributed by atoms with Crippen LogP contribution >= 0.6 is 11.3 Å². The molecule has 0 radical (unpaired) electrons. The molecule has 0 aliphatic carbocycles. The number of carbonyl (C=O) groups is 1. The Bertz CT molecular complexity index is 1110. The van der Waals surface area contributed by atoms with Gasteiger partial charge in [-0.05, 0) is 29.7 Å². The SMILES string of the molecule is COc1ccc2cc(C(=O)Nc3ccccc3C(F)(F)F)sc(=O)c2c1OC. The minimum absolute atomic E-state index is 0.0262. The lowest BCUT2D eigenvalue weighted by Gasteiger charge is -2.14. The molecule has 0 spiro atoms. The number of rotatable bonds is 4. The van der Waals surface area contributed by atoms with Crippen LogP contribution in [0.4, 0.5) is 18.9 Å². The van der Waals surface area contributed by atoms with Crippen LogP contribution in [0.25, 0.3) is 10.8 Å². The molecule has 1 N–H and O–H groups in total. The molecule has 0 aliphatic heterocycles. The predicted molar refractivity (Wildman–Crippen MR) is 101 cm³/mol. The minimum Gasteiger partial charge on any atom is -0.493 e. The molecule has 28 heavy (non-hydrogen) atoms. The molecule has 5 nitrogen and oxygen atoms in total. The maximum absolute atomic E-state index is 13.1. The highest BCUT2D eigenvalue weighted by Crippen LogP contribution is 2.36. The molecule has 0 saturated heterocycles. The van der Waals surface area contributed by atoms with Gasteiger partial charge in [-0.25, -0.2) is 0 Å². The second-order valence-corrected chi connectivity index (χ2v) is 6.68. The van der Waals surface area contributed by atoms with Gasteiger partial charge in [0.25, 0.3) is 5.91 Å². The fourth-order valence-corrected chi connectivity index (χ4v) is 3.57. The van der Waals surface area contributed by atoms with Gasteiger partial charge in [0.2, 0.25) is 4.74 Å². The first-order valence-corrected chi connectivity index (χ1v) is 8.74. The Morgan fingerprint density at radius 3 is 2.43 bits per heavy atom. The van der Waals surface area contributed by atoms with Crippen LogP contribution in [-0.4, -0.2) is 20.1 Å². The van der Waals surface area contributed by atoms with E-state index < -0.39 is 22.4 Å². The Kier molecular flexibility index (Phi) is 5.28. The van der Waals surface area contributed by atoms with E-state index in [0.29, 0.717) is 22.5 Å². The maximum atomic E-state index is 13.1. The van der Waals surface area contributed by atoms with E-state index >= 15 is 0 Å². The number of hydrogen-bond donors (Lipinski definition) is 1. The molecular formula is C19H14F3NO4S. The summed E-state index contributed by atoms with van der Waals surface area (Å²) in [5, 5.41) is 2.88. The van der Waals surface area contributed by atoms with E-state index in [1.165, 1.54) is 32.4 Å². The van der Waals surface area contributed by atoms with Gasteiger partial charge in [0, 0.05) is 0 Å². The summed E-state index contributed by atoms with van der Waals surface area (Å²) in [6, 6.07) is 9.21. The second kappa shape index (κ2) is 7.51. The lowest BCUT2D eigenvalue weighted by atomic mass is 10.1. The van der Waals surface area contributed by atoms with Crippen molar-refractivity contribution in [3.05, 3.63) is 62.4 Å². The van der Waals surface area contributed by atoms with Crippen molar-refractivity contribution in [2.75, 3.05) is 19.5 Å². The smallest absolute Gasteiger partial charge is 0.418 e. The number of hydrogen-bond acceptors (Lipinski definition) is 5. The average Bonchev–Trinajstić information content (AvgIpc) is 2.66. The summed E-state index contributed by atoms with van der Waals surface area (Å²) in [6.07, 6.45) is -4.62. The topological polar surface area (TPSA) is 64.6 Å². The summed E-state index contributed by atoms with van der Waals surface area (Å²) < 4.78 is 49.2. The molecule has 0 aliphatic rings. The van der Waals surface area contributed by atoms with Gasteiger partial charge < -0.3 is 14.8 Å². The van der Waals surface area contributed by atoms with E-state index in [9.17, 15) is 22.8 Å². The molecule has 9 heteroatoms. The number of para-hydroxylation sites is 1. The van der Waals surface area contributed by atoms with Crippen molar-refractivity contribution < 1.29 is 27.4 Å². The molecule has 0 bridgehead atoms. The number of benzene rings is 2. The van der Waals surface area contributed by atoms with E-state index in [-0.39, 0.29) is 21.7 Å². The van der Waals surface area contributed by atoms with Gasteiger partial charge in [-0.15, -0.1) is 0 Å². The van der Waals surface area contributed by atoms with Gasteiger partial charge in [0.05, 0.1) is 35.7 Å². The van der Waals surface area contributed by atoms with E-state index in [2.05, 4.69) is 5.32 Å². The Morgan fingerprint density at radius 1 is 1.07 bits per heavy atom. The van der Waals surface area contributed by atoms with Crippen LogP contribution in [0.3, 0.4) is 0 Å². The van der Waals surface area contributed by atoms with Crippen molar-refractivity contribution in [2.45, 2.75) is 6.18 Å². The number of halogens is 3. The third kappa shape index (κ3) is 3.65. The highest BCUT2D eigenvalue weighted by atomic mass is 32.1. The minimum atomic E-state index is -4.62. The molecule has 0 saturated carbocycles. The zero-order chi connectivity index (χ0) is 20.5. The Balaban J connectivity index is 2.04. The summed E-state index contributed by atoms with van der Waals surface area (Å²) in [4.78, 5) is 25.0. The average molecular weight is 409 g/mol. The molecule has 146 valence electrons. The van der Waals surface area contributed by atoms with Gasteiger partial charge in [-0.1, -0.05) is 29.5 Å². The first kappa shape index (κ1) is 19.7. The van der Waals surface area contributed by atoms with E-state index in [4.69, 9.17) is 9.47 Å². The highest BCUT2D eigenvalue weighted by Gasteiger charge is 2.33. The number of amides is 1. The maximum Gasteiger partial charge on any atom is 0.418 e. The van der Waals surface area contributed by atoms with Gasteiger partial charge in [0.1, 0.15) is 0 Å². The number of fused-ring (bicyclic) bond motifs is 1. The Hall–Kier alpha value is -3.07. The highest BCUT2D eigenvalue weighted by molar-refractivity contribution is 7.12. The van der Waals surface area contributed by atoms with Crippen molar-refractivity contribution in [2.24, 2.45) is 0 Å². The quantitative estimate of drug-likeness (QED) is 0.687. The standard InChI is InChI=1S/C19H14F3NO4S/c1-26-13-8-7-10-9-14(28-18(25)15(10)16(13)27-2)17(24)23-12-6-4-3-5-11(12)19(20,21)22/h3-9H,1-2H3,(H,23,24). The Morgan fingerprint density at radius 2 is 1.79 bits per heavy atom. The van der Waals surface area contributed by atoms with Crippen LogP contribution in [0.1, 0.15) is 15.2 Å². The summed E-state index contributed by atoms with van der Waals surface area (Å²) in [5.41, 5.74) is -1.35. The van der Waals surface area contributed by atoms with Gasteiger partial charge >= 0.3 is 6.18 Å². The zero-order valence-electron chi connectivity index (χ0n) is 14.7. The number of alkyl halides is 3. The number of nitrogens with one attached hydrogen (secondary N) is 1. The molecule has 0 unspecified atom stereocenters. The lowest BCUT2D eigenvalue weighted by molar-refractivity contribution is -0.136. The van der Waals surface area contributed by atoms with Crippen LogP contribution in [0.5, 0.6) is 11.5 Å². The first-order valence-electron chi connectivity index (χ1n) is 7.92. The van der Waals surface area contributed by atoms with Crippen LogP contribution in [0.15, 0.2) is 47.3 Å². The zero-order valence-corrected chi connectivity index (χ0v) is 15.5. The van der Waals surface area contributed by atoms with Crippen molar-refractivity contribution in [3.63, 3.8) is 0 Å². The molecule has 1 heterocycles. The molecule has 3 aromatic rings. The third-order valence-electron chi connectivity index (χ3n) is 3.98. The number of anilines is 1. The van der Waals surface area contributed by atoms with Crippen LogP contribution < -0.4 is 19.5 Å². The monoisotopic (exact) mass is 409 g/mol. The third-order valence-corrected chi connectivity index (χ3v) is 4.89. The van der Waals surface area contributed by atoms with E-state index in [1.807, 2.05) is 0 Å². The largest absolute Gasteiger partial charge is 0.493 e. The van der Waals surface area contributed by atoms with Crippen LogP contribution in [-0.2, 0) is 6.18 Å². The molecule has 3 rings (SSSR count). The Labute approximate surface area is 161 Å². The van der Waals surface area contributed by atoms with Gasteiger partial charge in [0.15, 0.2) is 11.5 Å².